The first-order valence-corrected chi connectivity index (χ1v) is 4.16. The Morgan fingerprint density at radius 1 is 0.917 bits per heavy atom. The van der Waals surface area contributed by atoms with Crippen LogP contribution in [0.2, 0.25) is 0 Å². The molecule has 1 saturated heterocycles. The average Bonchev–Trinajstić information content (AvgIpc) is 2.08. The quantitative estimate of drug-likeness (QED) is 0.579. The molecular weight excluding hydrogens is 156 g/mol. The number of likely N-dealkylation sites (N-methyl/N-ethyl adjacent to an activating group) is 2. The van der Waals surface area contributed by atoms with Crippen LogP contribution in [0.15, 0.2) is 0 Å². The van der Waals surface area contributed by atoms with Gasteiger partial charge < -0.3 is 9.47 Å². The highest BCUT2D eigenvalue weighted by Crippen LogP contribution is 2.14. The summed E-state index contributed by atoms with van der Waals surface area (Å²) in [5.74, 6) is 0. The molecule has 2 atom stereocenters. The molecule has 72 valence electrons. The summed E-state index contributed by atoms with van der Waals surface area (Å²) in [5.41, 5.74) is 0. The number of nitrogens with zero attached hydrogens (tertiary/aromatic N) is 2. The van der Waals surface area contributed by atoms with E-state index in [1.807, 2.05) is 14.1 Å². The van der Waals surface area contributed by atoms with Crippen LogP contribution in [-0.4, -0.2) is 63.7 Å². The number of methoxy groups -OCH3 is 2. The van der Waals surface area contributed by atoms with Crippen molar-refractivity contribution in [1.82, 2.24) is 9.80 Å². The van der Waals surface area contributed by atoms with Crippen molar-refractivity contribution in [2.24, 2.45) is 0 Å². The molecule has 0 unspecified atom stereocenters. The van der Waals surface area contributed by atoms with Crippen molar-refractivity contribution in [3.05, 3.63) is 0 Å². The Morgan fingerprint density at radius 2 is 1.25 bits per heavy atom. The molecule has 1 heterocycles. The highest BCUT2D eigenvalue weighted by molar-refractivity contribution is 4.76. The van der Waals surface area contributed by atoms with Crippen LogP contribution in [0.1, 0.15) is 0 Å². The summed E-state index contributed by atoms with van der Waals surface area (Å²) in [6.07, 6.45) is 0.0995. The van der Waals surface area contributed by atoms with Gasteiger partial charge in [-0.05, 0) is 14.1 Å². The van der Waals surface area contributed by atoms with Crippen LogP contribution in [0.3, 0.4) is 0 Å². The van der Waals surface area contributed by atoms with Crippen LogP contribution in [0.25, 0.3) is 0 Å². The van der Waals surface area contributed by atoms with E-state index >= 15 is 0 Å². The number of hydrogen-bond acceptors (Lipinski definition) is 4. The minimum absolute atomic E-state index is 0.0498. The van der Waals surface area contributed by atoms with E-state index in [9.17, 15) is 0 Å². The Hall–Kier alpha value is -0.160. The van der Waals surface area contributed by atoms with Gasteiger partial charge in [-0.1, -0.05) is 0 Å². The Labute approximate surface area is 74.0 Å². The second-order valence-corrected chi connectivity index (χ2v) is 3.21. The Kier molecular flexibility index (Phi) is 3.46. The molecule has 12 heavy (non-hydrogen) atoms. The normalized spacial score (nSPS) is 34.0. The fraction of sp³-hybridized carbons (Fsp3) is 1.00. The van der Waals surface area contributed by atoms with Crippen molar-refractivity contribution in [2.45, 2.75) is 12.5 Å². The molecule has 0 radical (unpaired) electrons. The van der Waals surface area contributed by atoms with Gasteiger partial charge in [0, 0.05) is 27.3 Å². The molecule has 4 heteroatoms. The molecule has 0 aromatic rings. The van der Waals surface area contributed by atoms with Crippen LogP contribution in [0, 0.1) is 0 Å². The van der Waals surface area contributed by atoms with E-state index in [0.29, 0.717) is 0 Å². The topological polar surface area (TPSA) is 24.9 Å². The molecule has 1 aliphatic rings. The molecule has 4 nitrogen and oxygen atoms in total. The lowest BCUT2D eigenvalue weighted by molar-refractivity contribution is -0.189. The Balaban J connectivity index is 2.61. The molecule has 0 amide bonds. The third-order valence-electron chi connectivity index (χ3n) is 2.40. The van der Waals surface area contributed by atoms with E-state index in [2.05, 4.69) is 9.80 Å². The third kappa shape index (κ3) is 1.77. The molecule has 0 spiro atoms. The minimum Gasteiger partial charge on any atom is -0.362 e. The van der Waals surface area contributed by atoms with Crippen molar-refractivity contribution in [1.29, 1.82) is 0 Å². The van der Waals surface area contributed by atoms with E-state index in [1.165, 1.54) is 0 Å². The number of hydrogen-bond donors (Lipinski definition) is 0. The van der Waals surface area contributed by atoms with E-state index in [4.69, 9.17) is 9.47 Å². The zero-order valence-electron chi connectivity index (χ0n) is 8.28. The summed E-state index contributed by atoms with van der Waals surface area (Å²) in [7, 11) is 7.53. The van der Waals surface area contributed by atoms with Gasteiger partial charge in [-0.25, -0.2) is 0 Å². The third-order valence-corrected chi connectivity index (χ3v) is 2.40. The van der Waals surface area contributed by atoms with Crippen LogP contribution in [0.5, 0.6) is 0 Å². The van der Waals surface area contributed by atoms with Gasteiger partial charge in [0.25, 0.3) is 0 Å². The fourth-order valence-electron chi connectivity index (χ4n) is 1.60. The summed E-state index contributed by atoms with van der Waals surface area (Å²) >= 11 is 0. The molecular formula is C8H18N2O2. The van der Waals surface area contributed by atoms with Gasteiger partial charge in [-0.2, -0.15) is 0 Å². The lowest BCUT2D eigenvalue weighted by Gasteiger charge is -2.42. The van der Waals surface area contributed by atoms with Crippen LogP contribution >= 0.6 is 0 Å². The molecule has 0 aromatic heterocycles. The smallest absolute Gasteiger partial charge is 0.150 e. The van der Waals surface area contributed by atoms with E-state index in [-0.39, 0.29) is 12.5 Å². The standard InChI is InChI=1S/C8H18N2O2/c1-9-5-6-10(2)8(12-4)7(9)11-3/h7-8H,5-6H2,1-4H3/t7-,8-/m0/s1. The summed E-state index contributed by atoms with van der Waals surface area (Å²) in [6.45, 7) is 2.05. The van der Waals surface area contributed by atoms with Crippen molar-refractivity contribution in [3.8, 4) is 0 Å². The largest absolute Gasteiger partial charge is 0.362 e. The minimum atomic E-state index is 0.0498. The van der Waals surface area contributed by atoms with Crippen LogP contribution in [-0.2, 0) is 9.47 Å². The number of piperazine rings is 1. The predicted molar refractivity (Wildman–Crippen MR) is 46.9 cm³/mol. The lowest BCUT2D eigenvalue weighted by Crippen LogP contribution is -2.58. The SMILES string of the molecule is CO[C@H]1[C@H](OC)N(C)CCN1C. The van der Waals surface area contributed by atoms with Gasteiger partial charge in [0.05, 0.1) is 0 Å². The molecule has 1 rings (SSSR count). The molecule has 0 aliphatic carbocycles. The maximum absolute atomic E-state index is 5.34. The molecule has 0 aromatic carbocycles. The van der Waals surface area contributed by atoms with Crippen LogP contribution in [0.4, 0.5) is 0 Å². The first-order chi connectivity index (χ1) is 5.70. The monoisotopic (exact) mass is 174 g/mol. The van der Waals surface area contributed by atoms with Crippen LogP contribution < -0.4 is 0 Å². The van der Waals surface area contributed by atoms with Crippen molar-refractivity contribution in [2.75, 3.05) is 41.4 Å². The number of ether oxygens (including phenoxy) is 2. The van der Waals surface area contributed by atoms with Gasteiger partial charge in [0.1, 0.15) is 12.5 Å². The fourth-order valence-corrected chi connectivity index (χ4v) is 1.60. The second kappa shape index (κ2) is 4.18. The molecule has 1 aliphatic heterocycles. The average molecular weight is 174 g/mol. The maximum Gasteiger partial charge on any atom is 0.150 e. The highest BCUT2D eigenvalue weighted by atomic mass is 16.6. The second-order valence-electron chi connectivity index (χ2n) is 3.21. The first kappa shape index (κ1) is 9.92. The zero-order chi connectivity index (χ0) is 9.14. The highest BCUT2D eigenvalue weighted by Gasteiger charge is 2.32. The molecule has 0 saturated carbocycles. The summed E-state index contributed by atoms with van der Waals surface area (Å²) < 4.78 is 10.7. The van der Waals surface area contributed by atoms with Crippen molar-refractivity contribution < 1.29 is 9.47 Å². The van der Waals surface area contributed by atoms with Gasteiger partial charge >= 0.3 is 0 Å². The van der Waals surface area contributed by atoms with E-state index in [0.717, 1.165) is 13.1 Å². The molecule has 1 fully saturated rings. The summed E-state index contributed by atoms with van der Waals surface area (Å²) in [5, 5.41) is 0. The van der Waals surface area contributed by atoms with Gasteiger partial charge in [0.15, 0.2) is 0 Å². The van der Waals surface area contributed by atoms with E-state index in [1.54, 1.807) is 14.2 Å². The van der Waals surface area contributed by atoms with Gasteiger partial charge in [-0.15, -0.1) is 0 Å². The van der Waals surface area contributed by atoms with Crippen molar-refractivity contribution in [3.63, 3.8) is 0 Å². The zero-order valence-corrected chi connectivity index (χ0v) is 8.28. The summed E-state index contributed by atoms with van der Waals surface area (Å²) in [4.78, 5) is 4.32. The van der Waals surface area contributed by atoms with E-state index < -0.39 is 0 Å². The Bertz CT molecular complexity index is 127. The molecule has 0 bridgehead atoms. The maximum atomic E-state index is 5.34. The van der Waals surface area contributed by atoms with Gasteiger partial charge in [-0.3, -0.25) is 9.80 Å². The predicted octanol–water partition coefficient (Wildman–Crippen LogP) is -0.191. The lowest BCUT2D eigenvalue weighted by atomic mass is 10.3. The van der Waals surface area contributed by atoms with Gasteiger partial charge in [0.2, 0.25) is 0 Å². The molecule has 0 N–H and O–H groups in total. The first-order valence-electron chi connectivity index (χ1n) is 4.16. The van der Waals surface area contributed by atoms with Crippen molar-refractivity contribution >= 4 is 0 Å². The Morgan fingerprint density at radius 3 is 1.50 bits per heavy atom. The summed E-state index contributed by atoms with van der Waals surface area (Å²) in [6, 6.07) is 0. The number of rotatable bonds is 2.